The molecule has 4 aliphatic rings. The van der Waals surface area contributed by atoms with Crippen molar-refractivity contribution >= 4 is 98.4 Å². The number of nitrogens with zero attached hydrogens (tertiary/aromatic N) is 8. The van der Waals surface area contributed by atoms with Crippen molar-refractivity contribution in [2.45, 2.75) is 297 Å². The molecular formula is C80H140ClN13O17S. The summed E-state index contributed by atoms with van der Waals surface area (Å²) >= 11 is 6.80. The third kappa shape index (κ3) is 30.2. The average molecular weight is 1620 g/mol. The molecule has 13 amide bonds. The van der Waals surface area contributed by atoms with Gasteiger partial charge in [-0.05, 0) is 157 Å². The topological polar surface area (TPSA) is 372 Å². The van der Waals surface area contributed by atoms with Crippen LogP contribution in [0.2, 0.25) is 0 Å². The highest BCUT2D eigenvalue weighted by atomic mass is 35.5. The number of aliphatic hydroxyl groups is 1. The molecule has 2 saturated heterocycles. The molecule has 32 heteroatoms. The van der Waals surface area contributed by atoms with Crippen LogP contribution in [0.5, 0.6) is 0 Å². The van der Waals surface area contributed by atoms with E-state index in [0.29, 0.717) is 70.9 Å². The first-order valence-electron chi connectivity index (χ1n) is 40.8. The van der Waals surface area contributed by atoms with E-state index in [-0.39, 0.29) is 111 Å². The van der Waals surface area contributed by atoms with Gasteiger partial charge in [0.05, 0.1) is 43.9 Å². The van der Waals surface area contributed by atoms with Crippen LogP contribution >= 0.6 is 11.6 Å². The van der Waals surface area contributed by atoms with E-state index in [2.05, 4.69) is 21.3 Å². The van der Waals surface area contributed by atoms with Crippen LogP contribution in [0, 0.1) is 46.8 Å². The number of hydrogen-bond acceptors (Lipinski definition) is 17. The fraction of sp³-hybridized carbons (Fsp3) is 0.838. The summed E-state index contributed by atoms with van der Waals surface area (Å²) in [5.41, 5.74) is -0.371. The number of carbonyl (C=O) groups is 13. The van der Waals surface area contributed by atoms with Gasteiger partial charge in [0.15, 0.2) is 0 Å². The number of hydrogen-bond donors (Lipinski definition) is 6. The normalized spacial score (nSPS) is 28.3. The molecule has 0 aromatic heterocycles. The molecule has 2 heterocycles. The van der Waals surface area contributed by atoms with E-state index in [1.54, 1.807) is 18.7 Å². The molecule has 15 atom stereocenters. The summed E-state index contributed by atoms with van der Waals surface area (Å²) in [4.78, 5) is 206. The minimum absolute atomic E-state index is 0.0250. The van der Waals surface area contributed by atoms with Gasteiger partial charge in [0.2, 0.25) is 86.8 Å². The van der Waals surface area contributed by atoms with Crippen LogP contribution in [0.4, 0.5) is 0 Å². The Bertz CT molecular complexity index is 3310. The number of ether oxygens (including phenoxy) is 1. The van der Waals surface area contributed by atoms with E-state index in [9.17, 15) is 27.9 Å². The highest BCUT2D eigenvalue weighted by Crippen LogP contribution is 2.36. The lowest BCUT2D eigenvalue weighted by molar-refractivity contribution is -0.151. The molecule has 640 valence electrons. The van der Waals surface area contributed by atoms with Gasteiger partial charge >= 0.3 is 0 Å². The lowest BCUT2D eigenvalue weighted by Crippen LogP contribution is -2.62. The molecule has 2 saturated carbocycles. The zero-order valence-corrected chi connectivity index (χ0v) is 72.8. The number of rotatable bonds is 22. The maximum Gasteiger partial charge on any atom is 0.248 e. The largest absolute Gasteiger partial charge is 0.391 e. The molecule has 30 nitrogen and oxygen atoms in total. The van der Waals surface area contributed by atoms with Crippen molar-refractivity contribution in [1.82, 2.24) is 65.2 Å². The maximum absolute atomic E-state index is 15.8. The van der Waals surface area contributed by atoms with Crippen LogP contribution < -0.4 is 26.0 Å². The summed E-state index contributed by atoms with van der Waals surface area (Å²) in [6.45, 7) is 23.3. The van der Waals surface area contributed by atoms with Crippen LogP contribution in [0.25, 0.3) is 0 Å². The molecule has 112 heavy (non-hydrogen) atoms. The van der Waals surface area contributed by atoms with Crippen molar-refractivity contribution in [3.63, 3.8) is 0 Å². The number of sulfonamides is 1. The van der Waals surface area contributed by atoms with Gasteiger partial charge in [-0.3, -0.25) is 67.1 Å². The lowest BCUT2D eigenvalue weighted by Gasteiger charge is -2.39. The second-order valence-electron chi connectivity index (χ2n) is 35.3. The predicted molar refractivity (Wildman–Crippen MR) is 428 cm³/mol. The summed E-state index contributed by atoms with van der Waals surface area (Å²) in [6.07, 6.45) is 4.48. The number of aliphatic hydroxyl groups excluding tert-OH is 1. The lowest BCUT2D eigenvalue weighted by atomic mass is 9.76. The molecule has 0 spiro atoms. The SMILES string of the molecule is CCCCN1CC(=O)N(C)[C@@H](CC(C)C)C(=O)N(C)[C@@H](CC(C)C)C(=O)N[C@@H](CCC(C)(C)C)C(=O)N(C)[C@@H](CC(C)C)C(=O)N[C@H](C(=O)N2CCCCC2)CC(=O)N(C)CC(=O)N(C)[C@@H](CC2CCCC(Cl)C2)C(=O)N[C@@H](CC2CCC(C(=O)NS(C)(=O)=O)C(OC)C2)C(=O)N(C)[C@@H](CC(C)C)C(=O)N[C@@H](C(C)O)C1=O. The predicted octanol–water partition coefficient (Wildman–Crippen LogP) is 5.04. The monoisotopic (exact) mass is 1620 g/mol. The van der Waals surface area contributed by atoms with Crippen LogP contribution in [0.3, 0.4) is 0 Å². The summed E-state index contributed by atoms with van der Waals surface area (Å²) < 4.78 is 32.4. The number of piperidine rings is 1. The number of alkyl halides is 1. The Balaban J connectivity index is 2.04. The van der Waals surface area contributed by atoms with Gasteiger partial charge in [0.25, 0.3) is 0 Å². The fourth-order valence-corrected chi connectivity index (χ4v) is 16.6. The minimum atomic E-state index is -3.97. The van der Waals surface area contributed by atoms with E-state index in [4.69, 9.17) is 16.3 Å². The molecule has 4 rings (SSSR count). The van der Waals surface area contributed by atoms with Gasteiger partial charge in [0.1, 0.15) is 54.4 Å². The van der Waals surface area contributed by atoms with Crippen molar-refractivity contribution in [2.24, 2.45) is 46.8 Å². The van der Waals surface area contributed by atoms with Crippen molar-refractivity contribution in [3.8, 4) is 0 Å². The Morgan fingerprint density at radius 1 is 0.571 bits per heavy atom. The van der Waals surface area contributed by atoms with E-state index in [1.807, 2.05) is 74.0 Å². The number of nitrogens with one attached hydrogen (secondary N) is 5. The minimum Gasteiger partial charge on any atom is -0.391 e. The van der Waals surface area contributed by atoms with Gasteiger partial charge < -0.3 is 70.3 Å². The number of amides is 13. The molecule has 2 aliphatic heterocycles. The molecule has 0 aromatic rings. The first-order valence-corrected chi connectivity index (χ1v) is 43.1. The van der Waals surface area contributed by atoms with E-state index in [1.165, 1.54) is 80.8 Å². The van der Waals surface area contributed by atoms with Gasteiger partial charge in [-0.2, -0.15) is 0 Å². The molecule has 6 unspecified atom stereocenters. The van der Waals surface area contributed by atoms with Crippen molar-refractivity contribution in [3.05, 3.63) is 0 Å². The summed E-state index contributed by atoms with van der Waals surface area (Å²) in [7, 11) is 5.85. The van der Waals surface area contributed by atoms with Crippen LogP contribution in [0.1, 0.15) is 225 Å². The van der Waals surface area contributed by atoms with Gasteiger partial charge in [0, 0.05) is 74.4 Å². The zero-order valence-electron chi connectivity index (χ0n) is 71.2. The number of likely N-dealkylation sites (N-methyl/N-ethyl adjacent to an activating group) is 6. The van der Waals surface area contributed by atoms with Crippen LogP contribution in [-0.2, 0) is 77.1 Å². The molecule has 0 bridgehead atoms. The molecule has 2 aliphatic carbocycles. The van der Waals surface area contributed by atoms with Gasteiger partial charge in [-0.15, -0.1) is 11.6 Å². The Morgan fingerprint density at radius 3 is 1.56 bits per heavy atom. The molecule has 0 radical (unpaired) electrons. The fourth-order valence-electron chi connectivity index (χ4n) is 15.7. The second-order valence-corrected chi connectivity index (χ2v) is 37.7. The zero-order chi connectivity index (χ0) is 84.7. The number of carbonyl (C=O) groups excluding carboxylic acids is 13. The number of unbranched alkanes of at least 4 members (excludes halogenated alkanes) is 1. The smallest absolute Gasteiger partial charge is 0.248 e. The van der Waals surface area contributed by atoms with E-state index < -0.39 is 185 Å². The van der Waals surface area contributed by atoms with E-state index in [0.717, 1.165) is 22.5 Å². The summed E-state index contributed by atoms with van der Waals surface area (Å²) in [6, 6.07) is -12.4. The number of methoxy groups -OCH3 is 1. The highest BCUT2D eigenvalue weighted by molar-refractivity contribution is 7.89. The molecular weight excluding hydrogens is 1480 g/mol. The van der Waals surface area contributed by atoms with Crippen LogP contribution in [-0.4, -0.2) is 290 Å². The van der Waals surface area contributed by atoms with Crippen molar-refractivity contribution in [1.29, 1.82) is 0 Å². The maximum atomic E-state index is 15.8. The molecule has 4 fully saturated rings. The Morgan fingerprint density at radius 2 is 1.05 bits per heavy atom. The number of likely N-dealkylation sites (tertiary alicyclic amines) is 1. The van der Waals surface area contributed by atoms with E-state index >= 15 is 47.9 Å². The third-order valence-corrected chi connectivity index (χ3v) is 23.4. The third-order valence-electron chi connectivity index (χ3n) is 22.4. The van der Waals surface area contributed by atoms with Crippen molar-refractivity contribution in [2.75, 3.05) is 88.4 Å². The highest BCUT2D eigenvalue weighted by Gasteiger charge is 2.46. The Hall–Kier alpha value is -6.73. The quantitative estimate of drug-likeness (QED) is 0.0773. The first kappa shape index (κ1) is 97.6. The van der Waals surface area contributed by atoms with Gasteiger partial charge in [-0.25, -0.2) is 8.42 Å². The second kappa shape index (κ2) is 45.0. The Kier molecular flexibility index (Phi) is 39.2. The van der Waals surface area contributed by atoms with Crippen LogP contribution in [0.15, 0.2) is 0 Å². The Labute approximate surface area is 672 Å². The summed E-state index contributed by atoms with van der Waals surface area (Å²) in [5.74, 6) is -12.1. The summed E-state index contributed by atoms with van der Waals surface area (Å²) in [5, 5.41) is 22.9. The first-order chi connectivity index (χ1) is 52.1. The van der Waals surface area contributed by atoms with Gasteiger partial charge in [-0.1, -0.05) is 102 Å². The van der Waals surface area contributed by atoms with Crippen molar-refractivity contribution < 1.29 is 80.6 Å². The molecule has 0 aromatic carbocycles. The molecule has 6 N–H and O–H groups in total. The standard InChI is InChI=1S/C80H140ClN13O17S/c1-22-23-34-94-47-68(98)89(16)64(40-51(8)9)78(107)92(19)61(38-49(4)5)71(100)82-57(32-33-80(11,12)13)75(104)90(17)60(37-48(2)3)72(101)84-59(77(106)93-35-25-24-26-36-93)45-66(96)87(14)46-67(97)88(15)63(43-53-28-27-29-55(81)41-53)73(102)83-58(42-54-30-31-56(65(44-54)111-20)70(99)86-112(21,109)110)76(105)91(18)62(39-50(6)7)74(103)85-69(52(10)95)79(94)108/h48-65,69,95H,22-47H2,1-21H3,(H,82,100)(H,83,102)(H,84,101)(H,85,103)(H,86,99)/t52?,53?,54?,55?,56?,57-,58-,59-,60-,61-,62-,63-,64-,65?,69-/m0/s1. The number of halogens is 1. The average Bonchev–Trinajstić information content (AvgIpc) is 0.820.